The molecule has 5 nitrogen and oxygen atoms in total. The summed E-state index contributed by atoms with van der Waals surface area (Å²) >= 11 is 0. The minimum Gasteiger partial charge on any atom is -0.378 e. The zero-order valence-corrected chi connectivity index (χ0v) is 17.9. The van der Waals surface area contributed by atoms with E-state index in [0.717, 1.165) is 51.4 Å². The van der Waals surface area contributed by atoms with Crippen LogP contribution in [0.3, 0.4) is 0 Å². The maximum absolute atomic E-state index is 12.8. The predicted molar refractivity (Wildman–Crippen MR) is 120 cm³/mol. The molecular weight excluding hydrogens is 362 g/mol. The van der Waals surface area contributed by atoms with Crippen molar-refractivity contribution in [3.63, 3.8) is 0 Å². The van der Waals surface area contributed by atoms with E-state index in [9.17, 15) is 4.79 Å². The van der Waals surface area contributed by atoms with E-state index in [4.69, 9.17) is 4.74 Å². The highest BCUT2D eigenvalue weighted by Gasteiger charge is 2.17. The van der Waals surface area contributed by atoms with E-state index in [1.807, 2.05) is 7.05 Å². The second-order valence-electron chi connectivity index (χ2n) is 7.61. The highest BCUT2D eigenvalue weighted by Crippen LogP contribution is 2.24. The lowest BCUT2D eigenvalue weighted by Gasteiger charge is -2.31. The minimum absolute atomic E-state index is 0.0342. The highest BCUT2D eigenvalue weighted by molar-refractivity contribution is 5.93. The van der Waals surface area contributed by atoms with Gasteiger partial charge in [0.2, 0.25) is 5.91 Å². The molecule has 1 fully saturated rings. The number of carbonyl (C=O) groups is 1. The molecular formula is C24H33N3O2. The maximum Gasteiger partial charge on any atom is 0.238 e. The minimum atomic E-state index is 0.0342. The quantitative estimate of drug-likeness (QED) is 0.740. The first-order chi connectivity index (χ1) is 14.1. The summed E-state index contributed by atoms with van der Waals surface area (Å²) in [5.74, 6) is 0.0342. The topological polar surface area (TPSA) is 44.8 Å². The van der Waals surface area contributed by atoms with Gasteiger partial charge in [0.25, 0.3) is 0 Å². The van der Waals surface area contributed by atoms with Crippen molar-refractivity contribution in [2.75, 3.05) is 50.1 Å². The summed E-state index contributed by atoms with van der Waals surface area (Å²) in [5, 5.41) is 3.17. The molecule has 2 aromatic rings. The van der Waals surface area contributed by atoms with Gasteiger partial charge in [-0.05, 0) is 42.6 Å². The van der Waals surface area contributed by atoms with Gasteiger partial charge < -0.3 is 15.0 Å². The van der Waals surface area contributed by atoms with Gasteiger partial charge >= 0.3 is 0 Å². The molecule has 1 heterocycles. The van der Waals surface area contributed by atoms with Gasteiger partial charge in [-0.1, -0.05) is 50.2 Å². The Kier molecular flexibility index (Phi) is 7.67. The normalized spacial score (nSPS) is 14.3. The summed E-state index contributed by atoms with van der Waals surface area (Å²) in [7, 11) is 2.00. The molecule has 156 valence electrons. The van der Waals surface area contributed by atoms with Gasteiger partial charge in [-0.3, -0.25) is 9.69 Å². The molecule has 2 aromatic carbocycles. The number of para-hydroxylation sites is 2. The number of amides is 1. The molecule has 0 radical (unpaired) electrons. The summed E-state index contributed by atoms with van der Waals surface area (Å²) in [4.78, 5) is 17.2. The molecule has 5 heteroatoms. The summed E-state index contributed by atoms with van der Waals surface area (Å²) in [5.41, 5.74) is 5.86. The molecule has 0 unspecified atom stereocenters. The number of carbonyl (C=O) groups excluding carboxylic acids is 1. The Morgan fingerprint density at radius 3 is 2.28 bits per heavy atom. The third kappa shape index (κ3) is 5.58. The van der Waals surface area contributed by atoms with Crippen molar-refractivity contribution in [2.45, 2.75) is 33.2 Å². The van der Waals surface area contributed by atoms with Gasteiger partial charge in [0.05, 0.1) is 19.8 Å². The molecule has 0 spiro atoms. The smallest absolute Gasteiger partial charge is 0.238 e. The number of hydrogen-bond donors (Lipinski definition) is 1. The van der Waals surface area contributed by atoms with E-state index in [1.165, 1.54) is 22.4 Å². The molecule has 1 saturated heterocycles. The van der Waals surface area contributed by atoms with Crippen molar-refractivity contribution in [1.29, 1.82) is 0 Å². The fourth-order valence-electron chi connectivity index (χ4n) is 3.93. The molecule has 0 aromatic heterocycles. The van der Waals surface area contributed by atoms with Crippen molar-refractivity contribution in [1.82, 2.24) is 4.90 Å². The van der Waals surface area contributed by atoms with Crippen LogP contribution >= 0.6 is 0 Å². The third-order valence-electron chi connectivity index (χ3n) is 5.46. The van der Waals surface area contributed by atoms with Crippen LogP contribution in [0.25, 0.3) is 0 Å². The van der Waals surface area contributed by atoms with Crippen LogP contribution in [0.5, 0.6) is 0 Å². The maximum atomic E-state index is 12.8. The predicted octanol–water partition coefficient (Wildman–Crippen LogP) is 3.72. The van der Waals surface area contributed by atoms with Crippen LogP contribution in [0, 0.1) is 0 Å². The number of rotatable bonds is 8. The van der Waals surface area contributed by atoms with Crippen LogP contribution in [0.4, 0.5) is 11.4 Å². The number of benzene rings is 2. The van der Waals surface area contributed by atoms with Gasteiger partial charge in [-0.15, -0.1) is 0 Å². The van der Waals surface area contributed by atoms with Crippen LogP contribution in [0.2, 0.25) is 0 Å². The Labute approximate surface area is 174 Å². The fourth-order valence-corrected chi connectivity index (χ4v) is 3.93. The van der Waals surface area contributed by atoms with Crippen LogP contribution in [-0.4, -0.2) is 50.7 Å². The first-order valence-corrected chi connectivity index (χ1v) is 10.6. The van der Waals surface area contributed by atoms with Gasteiger partial charge in [0.15, 0.2) is 0 Å². The van der Waals surface area contributed by atoms with E-state index in [1.54, 1.807) is 0 Å². The van der Waals surface area contributed by atoms with Crippen LogP contribution in [-0.2, 0) is 28.9 Å². The SMILES string of the molecule is CCc1cccc(CC)c1NC(=O)CN(C)Cc1ccccc1N1CCOCC1. The summed E-state index contributed by atoms with van der Waals surface area (Å²) in [6.45, 7) is 8.70. The standard InChI is InChI=1S/C24H33N3O2/c1-4-19-10-8-11-20(5-2)24(19)25-23(28)18-26(3)17-21-9-6-7-12-22(21)27-13-15-29-16-14-27/h6-12H,4-5,13-18H2,1-3H3,(H,25,28). The van der Waals surface area contributed by atoms with E-state index in [-0.39, 0.29) is 5.91 Å². The van der Waals surface area contributed by atoms with Crippen molar-refractivity contribution in [2.24, 2.45) is 0 Å². The molecule has 1 amide bonds. The summed E-state index contributed by atoms with van der Waals surface area (Å²) in [6, 6.07) is 14.7. The molecule has 0 atom stereocenters. The Morgan fingerprint density at radius 2 is 1.62 bits per heavy atom. The van der Waals surface area contributed by atoms with E-state index < -0.39 is 0 Å². The van der Waals surface area contributed by atoms with Crippen molar-refractivity contribution in [3.05, 3.63) is 59.2 Å². The number of ether oxygens (including phenoxy) is 1. The molecule has 3 rings (SSSR count). The highest BCUT2D eigenvalue weighted by atomic mass is 16.5. The molecule has 1 aliphatic heterocycles. The van der Waals surface area contributed by atoms with Crippen molar-refractivity contribution in [3.8, 4) is 0 Å². The van der Waals surface area contributed by atoms with Crippen molar-refractivity contribution < 1.29 is 9.53 Å². The Hall–Kier alpha value is -2.37. The number of anilines is 2. The van der Waals surface area contributed by atoms with Crippen molar-refractivity contribution >= 4 is 17.3 Å². The number of morpholine rings is 1. The molecule has 0 saturated carbocycles. The van der Waals surface area contributed by atoms with Crippen LogP contribution < -0.4 is 10.2 Å². The monoisotopic (exact) mass is 395 g/mol. The Balaban J connectivity index is 1.65. The summed E-state index contributed by atoms with van der Waals surface area (Å²) < 4.78 is 5.48. The number of likely N-dealkylation sites (N-methyl/N-ethyl adjacent to an activating group) is 1. The number of nitrogens with one attached hydrogen (secondary N) is 1. The van der Waals surface area contributed by atoms with Crippen LogP contribution in [0.15, 0.2) is 42.5 Å². The largest absolute Gasteiger partial charge is 0.378 e. The second kappa shape index (κ2) is 10.4. The number of hydrogen-bond acceptors (Lipinski definition) is 4. The molecule has 0 aliphatic carbocycles. The van der Waals surface area contributed by atoms with Gasteiger partial charge in [0.1, 0.15) is 0 Å². The zero-order valence-electron chi connectivity index (χ0n) is 17.9. The van der Waals surface area contributed by atoms with E-state index >= 15 is 0 Å². The molecule has 1 N–H and O–H groups in total. The lowest BCUT2D eigenvalue weighted by Crippen LogP contribution is -2.37. The van der Waals surface area contributed by atoms with E-state index in [0.29, 0.717) is 6.54 Å². The van der Waals surface area contributed by atoms with Gasteiger partial charge in [-0.25, -0.2) is 0 Å². The Bertz CT molecular complexity index is 793. The number of aryl methyl sites for hydroxylation is 2. The van der Waals surface area contributed by atoms with E-state index in [2.05, 4.69) is 71.4 Å². The summed E-state index contributed by atoms with van der Waals surface area (Å²) in [6.07, 6.45) is 1.82. The zero-order chi connectivity index (χ0) is 20.6. The van der Waals surface area contributed by atoms with Gasteiger partial charge in [-0.2, -0.15) is 0 Å². The first-order valence-electron chi connectivity index (χ1n) is 10.6. The Morgan fingerprint density at radius 1 is 1.00 bits per heavy atom. The molecule has 0 bridgehead atoms. The van der Waals surface area contributed by atoms with Gasteiger partial charge in [0, 0.05) is 31.0 Å². The second-order valence-corrected chi connectivity index (χ2v) is 7.61. The molecule has 1 aliphatic rings. The van der Waals surface area contributed by atoms with Crippen LogP contribution in [0.1, 0.15) is 30.5 Å². The number of nitrogens with zero attached hydrogens (tertiary/aromatic N) is 2. The average molecular weight is 396 g/mol. The third-order valence-corrected chi connectivity index (χ3v) is 5.46. The first kappa shape index (κ1) is 21.3. The lowest BCUT2D eigenvalue weighted by molar-refractivity contribution is -0.117. The fraction of sp³-hybridized carbons (Fsp3) is 0.458. The average Bonchev–Trinajstić information content (AvgIpc) is 2.74. The lowest BCUT2D eigenvalue weighted by atomic mass is 10.0. The molecule has 29 heavy (non-hydrogen) atoms.